The zero-order valence-corrected chi connectivity index (χ0v) is 67.4. The van der Waals surface area contributed by atoms with E-state index in [2.05, 4.69) is 156 Å². The Morgan fingerprint density at radius 3 is 1.43 bits per heavy atom. The SMILES string of the molecule is C[Si](C)(C)CCOCN(COCC[Si](C)(C)C)c1c(Br)c(NC2CCCCC2)nc2c(-c3cnc4ccc(F)cc4c3)cnn12.C[Si](C)(C)CCOCN(COCC[Si](C)(C)C)c1cc(NC2CCCCC2)nc2c(-c3cnc4ccc(F)cc4c3)cnn12.N#CCC(Cl)Cl.[B]=NS. The maximum atomic E-state index is 14.1. The van der Waals surface area contributed by atoms with Crippen molar-refractivity contribution in [2.24, 2.45) is 4.30 Å². The van der Waals surface area contributed by atoms with Gasteiger partial charge in [0.05, 0.1) is 35.9 Å². The summed E-state index contributed by atoms with van der Waals surface area (Å²) in [6.45, 7) is 32.7. The molecule has 29 heteroatoms. The van der Waals surface area contributed by atoms with Gasteiger partial charge in [-0.25, -0.2) is 18.7 Å². The molecule has 18 nitrogen and oxygen atoms in total. The summed E-state index contributed by atoms with van der Waals surface area (Å²) in [7, 11) is -0.636. The number of nitrogens with zero attached hydrogens (tertiary/aromatic N) is 12. The fraction of sp³-hybridized carbons (Fsp3) is 0.551. The van der Waals surface area contributed by atoms with E-state index in [0.29, 0.717) is 76.7 Å². The second-order valence-corrected chi connectivity index (χ2v) is 54.9. The summed E-state index contributed by atoms with van der Waals surface area (Å²) in [6.07, 6.45) is 19.4. The summed E-state index contributed by atoms with van der Waals surface area (Å²) in [6, 6.07) is 22.2. The van der Waals surface area contributed by atoms with E-state index in [0.717, 1.165) is 122 Å². The second kappa shape index (κ2) is 38.3. The Morgan fingerprint density at radius 1 is 0.612 bits per heavy atom. The van der Waals surface area contributed by atoms with Crippen molar-refractivity contribution in [3.05, 3.63) is 95.5 Å². The van der Waals surface area contributed by atoms with Gasteiger partial charge in [0.25, 0.3) is 0 Å². The number of fused-ring (bicyclic) bond motifs is 4. The molecule has 2 N–H and O–H groups in total. The number of alkyl halides is 2. The Labute approximate surface area is 608 Å². The van der Waals surface area contributed by atoms with Crippen LogP contribution in [0.15, 0.2) is 88.2 Å². The molecule has 6 aromatic heterocycles. The van der Waals surface area contributed by atoms with Gasteiger partial charge in [0.15, 0.2) is 17.1 Å². The number of nitriles is 1. The average molecular weight is 1530 g/mol. The Hall–Kier alpha value is -4.97. The molecule has 0 spiro atoms. The molecule has 1 radical (unpaired) electrons. The molecule has 0 atom stereocenters. The van der Waals surface area contributed by atoms with Crippen LogP contribution >= 0.6 is 51.9 Å². The van der Waals surface area contributed by atoms with Gasteiger partial charge < -0.3 is 39.4 Å². The molecule has 0 unspecified atom stereocenters. The average Bonchev–Trinajstić information content (AvgIpc) is 1.57. The Kier molecular flexibility index (Phi) is 31.4. The zero-order chi connectivity index (χ0) is 71.2. The predicted octanol–water partition coefficient (Wildman–Crippen LogP) is 19.2. The molecule has 6 heterocycles. The number of halogens is 5. The van der Waals surface area contributed by atoms with E-state index < -0.39 is 37.1 Å². The number of hydrogen-bond donors (Lipinski definition) is 3. The van der Waals surface area contributed by atoms with Gasteiger partial charge in [-0.1, -0.05) is 117 Å². The molecule has 0 bridgehead atoms. The van der Waals surface area contributed by atoms with Gasteiger partial charge in [-0.05, 0) is 114 Å². The molecule has 0 saturated heterocycles. The summed E-state index contributed by atoms with van der Waals surface area (Å²) >= 11 is 17.4. The number of anilines is 4. The van der Waals surface area contributed by atoms with Gasteiger partial charge >= 0.3 is 24.8 Å². The molecule has 2 aliphatic rings. The van der Waals surface area contributed by atoms with Gasteiger partial charge in [0.2, 0.25) is 0 Å². The maximum absolute atomic E-state index is 14.1. The van der Waals surface area contributed by atoms with Crippen molar-refractivity contribution >= 4 is 148 Å². The van der Waals surface area contributed by atoms with E-state index >= 15 is 0 Å². The number of thiol groups is 1. The van der Waals surface area contributed by atoms with Crippen LogP contribution in [0.3, 0.4) is 0 Å². The van der Waals surface area contributed by atoms with Gasteiger partial charge in [-0.15, -0.1) is 23.2 Å². The van der Waals surface area contributed by atoms with Crippen LogP contribution in [0.25, 0.3) is 55.4 Å². The van der Waals surface area contributed by atoms with E-state index in [1.54, 1.807) is 18.2 Å². The van der Waals surface area contributed by atoms with Gasteiger partial charge in [0.1, 0.15) is 65.3 Å². The fourth-order valence-electron chi connectivity index (χ4n) is 11.0. The van der Waals surface area contributed by atoms with Crippen LogP contribution in [0.5, 0.6) is 0 Å². The quantitative estimate of drug-likeness (QED) is 0.0132. The fourth-order valence-corrected chi connectivity index (χ4v) is 14.8. The minimum atomic E-state index is -1.25. The molecule has 98 heavy (non-hydrogen) atoms. The first-order chi connectivity index (χ1) is 46.5. The number of hydrogen-bond acceptors (Lipinski definition) is 17. The van der Waals surface area contributed by atoms with Crippen molar-refractivity contribution in [1.82, 2.24) is 39.2 Å². The van der Waals surface area contributed by atoms with Crippen LogP contribution in [0.2, 0.25) is 103 Å². The van der Waals surface area contributed by atoms with Crippen molar-refractivity contribution < 1.29 is 27.7 Å². The molecule has 0 aliphatic heterocycles. The molecule has 2 aromatic carbocycles. The Balaban J connectivity index is 0.000000246. The summed E-state index contributed by atoms with van der Waals surface area (Å²) in [5.41, 5.74) is 6.24. The Bertz CT molecular complexity index is 3840. The molecule has 531 valence electrons. The van der Waals surface area contributed by atoms with Crippen molar-refractivity contribution in [2.45, 2.75) is 190 Å². The van der Waals surface area contributed by atoms with Crippen molar-refractivity contribution in [1.29, 1.82) is 5.26 Å². The van der Waals surface area contributed by atoms with Gasteiger partial charge in [-0.3, -0.25) is 9.97 Å². The Morgan fingerprint density at radius 2 is 1.02 bits per heavy atom. The molecule has 8 aromatic rings. The molecular weight excluding hydrogens is 1430 g/mol. The molecule has 0 amide bonds. The van der Waals surface area contributed by atoms with E-state index in [1.807, 2.05) is 46.0 Å². The minimum absolute atomic E-state index is 0.211. The number of benzene rings is 2. The third kappa shape index (κ3) is 26.1. The summed E-state index contributed by atoms with van der Waals surface area (Å²) < 4.78 is 60.6. The number of aromatic nitrogens is 8. The van der Waals surface area contributed by atoms with Gasteiger partial charge in [0, 0.05) is 122 Å². The number of nitrogens with one attached hydrogen (secondary N) is 2. The summed E-state index contributed by atoms with van der Waals surface area (Å²) in [5.74, 6) is 2.71. The number of ether oxygens (including phenoxy) is 4. The first-order valence-electron chi connectivity index (χ1n) is 34.1. The first-order valence-corrected chi connectivity index (χ1v) is 51.0. The van der Waals surface area contributed by atoms with Crippen molar-refractivity contribution in [3.63, 3.8) is 0 Å². The summed E-state index contributed by atoms with van der Waals surface area (Å²) in [5, 5.41) is 26.5. The van der Waals surface area contributed by atoms with E-state index in [1.165, 1.54) is 62.8 Å². The van der Waals surface area contributed by atoms with Crippen LogP contribution in [0.1, 0.15) is 70.6 Å². The van der Waals surface area contributed by atoms with Crippen LogP contribution in [0.4, 0.5) is 32.1 Å². The topological polar surface area (TPSA) is 190 Å². The first kappa shape index (κ1) is 80.3. The van der Waals surface area contributed by atoms with Crippen LogP contribution < -0.4 is 20.4 Å². The van der Waals surface area contributed by atoms with Crippen molar-refractivity contribution in [2.75, 3.05) is 73.8 Å². The molecule has 2 aliphatic carbocycles. The van der Waals surface area contributed by atoms with Crippen LogP contribution in [0, 0.1) is 23.0 Å². The van der Waals surface area contributed by atoms with Crippen LogP contribution in [-0.4, -0.2) is 149 Å². The standard InChI is InChI=1S/C33H48BrFN6O2Si2.C33H49FN6O2Si2.C3H3Cl2N.BHNS/c1-44(2,3)16-14-42-22-40(23-43-15-17-45(4,5)6)33-30(34)31(38-27-10-8-7-9-11-27)39-32-28(21-37-41(32)33)25-18-24-19-26(35)12-13-29(24)36-20-25;1-43(2,3)16-14-41-23-39(24-42-15-17-44(4,5)6)32-20-31(37-28-10-8-7-9-11-28)38-33-29(22-36-40(32)33)26-18-25-19-27(34)12-13-30(25)35-21-26;4-3(5)1-2-6;1-2-3/h12-13,18-21,27H,7-11,14-17,22-23H2,1-6H3,(H,38,39);12-13,18-22,28H,7-11,14-17,23-24H2,1-6H3,(H,37,38);3H,1H2;3H. The third-order valence-electron chi connectivity index (χ3n) is 16.7. The molecule has 10 rings (SSSR count). The van der Waals surface area contributed by atoms with Crippen molar-refractivity contribution in [3.8, 4) is 28.3 Å². The predicted molar refractivity (Wildman–Crippen MR) is 420 cm³/mol. The normalized spacial score (nSPS) is 14.1. The second-order valence-electron chi connectivity index (χ2n) is 30.1. The summed E-state index contributed by atoms with van der Waals surface area (Å²) in [4.78, 5) is 23.2. The number of rotatable bonds is 29. The van der Waals surface area contributed by atoms with E-state index in [4.69, 9.17) is 67.6 Å². The number of pyridine rings is 2. The monoisotopic (exact) mass is 1530 g/mol. The third-order valence-corrected chi connectivity index (χ3v) is 24.5. The van der Waals surface area contributed by atoms with E-state index in [-0.39, 0.29) is 18.1 Å². The molecule has 2 saturated carbocycles. The molecular formula is C69H101BBrCl2F2N14O4SSi4. The van der Waals surface area contributed by atoms with Crippen LogP contribution in [-0.2, 0) is 18.9 Å². The zero-order valence-electron chi connectivity index (χ0n) is 59.4. The van der Waals surface area contributed by atoms with E-state index in [9.17, 15) is 8.78 Å². The molecule has 2 fully saturated rings. The van der Waals surface area contributed by atoms with Gasteiger partial charge in [-0.2, -0.15) is 24.5 Å².